The predicted molar refractivity (Wildman–Crippen MR) is 199 cm³/mol. The topological polar surface area (TPSA) is 124 Å². The van der Waals surface area contributed by atoms with Crippen LogP contribution in [-0.2, 0) is 36.7 Å². The van der Waals surface area contributed by atoms with Gasteiger partial charge in [-0.15, -0.1) is 0 Å². The lowest BCUT2D eigenvalue weighted by molar-refractivity contribution is -0.145. The van der Waals surface area contributed by atoms with Crippen LogP contribution in [-0.4, -0.2) is 51.3 Å². The van der Waals surface area contributed by atoms with E-state index in [0.29, 0.717) is 53.4 Å². The van der Waals surface area contributed by atoms with Gasteiger partial charge in [0.05, 0.1) is 25.9 Å². The summed E-state index contributed by atoms with van der Waals surface area (Å²) in [5.74, 6) is 0.519. The molecule has 0 N–H and O–H groups in total. The van der Waals surface area contributed by atoms with Gasteiger partial charge in [-0.3, -0.25) is 4.79 Å². The van der Waals surface area contributed by atoms with E-state index in [9.17, 15) is 19.2 Å². The van der Waals surface area contributed by atoms with Crippen molar-refractivity contribution in [3.05, 3.63) is 125 Å². The first-order valence-corrected chi connectivity index (χ1v) is 17.1. The van der Waals surface area contributed by atoms with Crippen LogP contribution in [0.25, 0.3) is 17.2 Å². The van der Waals surface area contributed by atoms with Gasteiger partial charge in [0.15, 0.2) is 0 Å². The third-order valence-corrected chi connectivity index (χ3v) is 8.84. The van der Waals surface area contributed by atoms with Crippen LogP contribution in [0.4, 0.5) is 0 Å². The zero-order chi connectivity index (χ0) is 38.0. The molecule has 0 amide bonds. The highest BCUT2D eigenvalue weighted by atomic mass is 16.5. The molecule has 1 unspecified atom stereocenters. The smallest absolute Gasteiger partial charge is 0.343 e. The number of aryl methyl sites for hydroxylation is 3. The zero-order valence-electron chi connectivity index (χ0n) is 30.3. The number of carbonyl (C=O) groups is 4. The molecule has 0 saturated carbocycles. The van der Waals surface area contributed by atoms with Gasteiger partial charge in [0.1, 0.15) is 29.6 Å². The highest BCUT2D eigenvalue weighted by molar-refractivity contribution is 5.91. The molecular weight excluding hydrogens is 676 g/mol. The first-order chi connectivity index (χ1) is 25.5. The monoisotopic (exact) mass is 718 g/mol. The van der Waals surface area contributed by atoms with Crippen molar-refractivity contribution in [2.75, 3.05) is 26.9 Å². The Bertz CT molecular complexity index is 2030. The maximum Gasteiger partial charge on any atom is 0.343 e. The number of hydrogen-bond donors (Lipinski definition) is 0. The molecule has 4 aromatic rings. The molecule has 0 aliphatic heterocycles. The van der Waals surface area contributed by atoms with E-state index in [-0.39, 0.29) is 13.2 Å². The second kappa shape index (κ2) is 17.4. The van der Waals surface area contributed by atoms with E-state index < -0.39 is 23.3 Å². The van der Waals surface area contributed by atoms with Crippen molar-refractivity contribution < 1.29 is 47.6 Å². The fourth-order valence-electron chi connectivity index (χ4n) is 5.78. The second-order valence-corrected chi connectivity index (χ2v) is 13.2. The molecule has 0 aromatic heterocycles. The lowest BCUT2D eigenvalue weighted by Crippen LogP contribution is -2.32. The van der Waals surface area contributed by atoms with Crippen LogP contribution < -0.4 is 18.9 Å². The predicted octanol–water partition coefficient (Wildman–Crippen LogP) is 7.67. The van der Waals surface area contributed by atoms with Crippen molar-refractivity contribution in [3.8, 4) is 34.1 Å². The summed E-state index contributed by atoms with van der Waals surface area (Å²) in [6.45, 7) is 9.68. The summed E-state index contributed by atoms with van der Waals surface area (Å²) in [4.78, 5) is 48.0. The van der Waals surface area contributed by atoms with Crippen LogP contribution in [0.2, 0.25) is 0 Å². The van der Waals surface area contributed by atoms with E-state index in [1.807, 2.05) is 31.2 Å². The van der Waals surface area contributed by atoms with Gasteiger partial charge in [0.25, 0.3) is 6.47 Å². The summed E-state index contributed by atoms with van der Waals surface area (Å²) in [6, 6.07) is 23.5. The van der Waals surface area contributed by atoms with E-state index in [4.69, 9.17) is 28.4 Å². The Balaban J connectivity index is 1.15. The van der Waals surface area contributed by atoms with E-state index in [1.165, 1.54) is 17.2 Å². The van der Waals surface area contributed by atoms with Crippen molar-refractivity contribution in [3.63, 3.8) is 0 Å². The summed E-state index contributed by atoms with van der Waals surface area (Å²) in [5, 5.41) is 0. The van der Waals surface area contributed by atoms with Gasteiger partial charge in [-0.05, 0) is 127 Å². The Kier molecular flexibility index (Phi) is 12.5. The summed E-state index contributed by atoms with van der Waals surface area (Å²) in [5.41, 5.74) is 6.16. The number of rotatable bonds is 16. The molecule has 0 spiro atoms. The van der Waals surface area contributed by atoms with Crippen molar-refractivity contribution in [1.29, 1.82) is 0 Å². The van der Waals surface area contributed by atoms with Crippen LogP contribution in [0.1, 0.15) is 52.9 Å². The molecule has 274 valence electrons. The maximum atomic E-state index is 12.7. The molecule has 0 saturated heterocycles. The Morgan fingerprint density at radius 1 is 0.830 bits per heavy atom. The summed E-state index contributed by atoms with van der Waals surface area (Å²) in [6.07, 6.45) is 5.24. The largest absolute Gasteiger partial charge is 0.497 e. The van der Waals surface area contributed by atoms with Gasteiger partial charge in [-0.2, -0.15) is 0 Å². The third-order valence-electron chi connectivity index (χ3n) is 8.84. The minimum Gasteiger partial charge on any atom is -0.497 e. The fourth-order valence-corrected chi connectivity index (χ4v) is 5.78. The summed E-state index contributed by atoms with van der Waals surface area (Å²) < 4.78 is 32.6. The van der Waals surface area contributed by atoms with Gasteiger partial charge in [-0.1, -0.05) is 37.8 Å². The Hall–Kier alpha value is -6.16. The Labute approximate surface area is 308 Å². The molecule has 0 bridgehead atoms. The molecule has 1 atom stereocenters. The number of benzene rings is 4. The van der Waals surface area contributed by atoms with Gasteiger partial charge in [0, 0.05) is 17.1 Å². The first kappa shape index (κ1) is 38.1. The number of methoxy groups -OCH3 is 1. The van der Waals surface area contributed by atoms with E-state index >= 15 is 0 Å². The molecule has 0 radical (unpaired) electrons. The van der Waals surface area contributed by atoms with E-state index in [1.54, 1.807) is 69.5 Å². The van der Waals surface area contributed by atoms with Crippen LogP contribution >= 0.6 is 0 Å². The minimum absolute atomic E-state index is 0.0653. The van der Waals surface area contributed by atoms with Gasteiger partial charge >= 0.3 is 17.9 Å². The number of fused-ring (bicyclic) bond motifs is 3. The van der Waals surface area contributed by atoms with Crippen LogP contribution in [0, 0.1) is 12.3 Å². The van der Waals surface area contributed by atoms with Crippen molar-refractivity contribution in [1.82, 2.24) is 0 Å². The van der Waals surface area contributed by atoms with Crippen LogP contribution in [0.15, 0.2) is 97.1 Å². The van der Waals surface area contributed by atoms with Crippen molar-refractivity contribution >= 4 is 30.5 Å². The molecule has 4 aromatic carbocycles. The first-order valence-electron chi connectivity index (χ1n) is 17.1. The maximum absolute atomic E-state index is 12.7. The standard InChI is InChI=1S/C43H42O10/c1-28(2)41(46)51-26-43(4,25-49-27-44)20-21-50-35-14-17-38-33(24-35)9-8-32-23-30(6-16-37(32)38)7-19-40(45)53-39-18-15-36(22-29(39)3)52-42(47)31-10-12-34(48-5)13-11-31/h6-7,10-19,22-24,27H,1,8-9,20-21,25-26H2,2-5H3/b19-7+. The van der Waals surface area contributed by atoms with Crippen LogP contribution in [0.3, 0.4) is 0 Å². The Morgan fingerprint density at radius 3 is 2.19 bits per heavy atom. The van der Waals surface area contributed by atoms with Gasteiger partial charge < -0.3 is 28.4 Å². The minimum atomic E-state index is -0.621. The molecule has 1 aliphatic rings. The second-order valence-electron chi connectivity index (χ2n) is 13.2. The Morgan fingerprint density at radius 2 is 1.51 bits per heavy atom. The average molecular weight is 719 g/mol. The normalized spacial score (nSPS) is 12.8. The van der Waals surface area contributed by atoms with Crippen LogP contribution in [0.5, 0.6) is 23.0 Å². The average Bonchev–Trinajstić information content (AvgIpc) is 3.16. The summed E-state index contributed by atoms with van der Waals surface area (Å²) in [7, 11) is 1.55. The number of ether oxygens (including phenoxy) is 6. The van der Waals surface area contributed by atoms with Crippen molar-refractivity contribution in [2.45, 2.75) is 40.0 Å². The molecule has 5 rings (SSSR count). The fraction of sp³-hybridized carbons (Fsp3) is 0.256. The molecule has 0 heterocycles. The van der Waals surface area contributed by atoms with E-state index in [0.717, 1.165) is 35.3 Å². The molecule has 0 fully saturated rings. The third kappa shape index (κ3) is 10.2. The molecule has 53 heavy (non-hydrogen) atoms. The van der Waals surface area contributed by atoms with Gasteiger partial charge in [0.2, 0.25) is 0 Å². The van der Waals surface area contributed by atoms with Crippen molar-refractivity contribution in [2.24, 2.45) is 5.41 Å². The number of hydrogen-bond acceptors (Lipinski definition) is 10. The molecule has 10 nitrogen and oxygen atoms in total. The molecular formula is C43H42O10. The lowest BCUT2D eigenvalue weighted by Gasteiger charge is -2.28. The summed E-state index contributed by atoms with van der Waals surface area (Å²) >= 11 is 0. The SMILES string of the molecule is C=C(C)C(=O)OCC(C)(CCOc1ccc2c(c1)CCc1cc(/C=C/C(=O)Oc3ccc(OC(=O)c4ccc(OC)cc4)cc3C)ccc1-2)COC=O. The lowest BCUT2D eigenvalue weighted by atomic mass is 9.84. The number of esters is 3. The van der Waals surface area contributed by atoms with Gasteiger partial charge in [-0.25, -0.2) is 14.4 Å². The van der Waals surface area contributed by atoms with E-state index in [2.05, 4.69) is 18.7 Å². The molecule has 10 heteroatoms. The highest BCUT2D eigenvalue weighted by Crippen LogP contribution is 2.36. The quantitative estimate of drug-likeness (QED) is 0.0493. The zero-order valence-corrected chi connectivity index (χ0v) is 30.3. The number of carbonyl (C=O) groups excluding carboxylic acids is 4. The highest BCUT2D eigenvalue weighted by Gasteiger charge is 2.28. The molecule has 1 aliphatic carbocycles.